The molecule has 0 fully saturated rings. The van der Waals surface area contributed by atoms with Gasteiger partial charge in [-0.1, -0.05) is 0 Å². The molecule has 102 valence electrons. The lowest BCUT2D eigenvalue weighted by molar-refractivity contribution is -0.384. The van der Waals surface area contributed by atoms with Gasteiger partial charge in [0.05, 0.1) is 10.5 Å². The lowest BCUT2D eigenvalue weighted by atomic mass is 10.2. The van der Waals surface area contributed by atoms with Gasteiger partial charge in [-0.05, 0) is 12.1 Å². The molecule has 2 rings (SSSR count). The summed E-state index contributed by atoms with van der Waals surface area (Å²) in [6.07, 6.45) is -2.96. The van der Waals surface area contributed by atoms with Crippen molar-refractivity contribution in [3.63, 3.8) is 0 Å². The van der Waals surface area contributed by atoms with Crippen LogP contribution >= 0.6 is 0 Å². The van der Waals surface area contributed by atoms with Gasteiger partial charge in [-0.2, -0.15) is 23.5 Å². The van der Waals surface area contributed by atoms with Gasteiger partial charge in [0.1, 0.15) is 24.2 Å². The Bertz CT molecular complexity index is 716. The summed E-state index contributed by atoms with van der Waals surface area (Å²) in [5.41, 5.74) is -1.83. The first-order valence-corrected chi connectivity index (χ1v) is 5.00. The highest BCUT2D eigenvalue weighted by Crippen LogP contribution is 2.29. The van der Waals surface area contributed by atoms with E-state index in [0.29, 0.717) is 6.07 Å². The molecule has 0 aliphatic rings. The van der Waals surface area contributed by atoms with Crippen LogP contribution in [0.1, 0.15) is 11.3 Å². The van der Waals surface area contributed by atoms with Crippen LogP contribution in [0.25, 0.3) is 5.82 Å². The van der Waals surface area contributed by atoms with Crippen LogP contribution in [0, 0.1) is 21.4 Å². The second-order valence-corrected chi connectivity index (χ2v) is 3.58. The Labute approximate surface area is 109 Å². The molecule has 0 saturated carbocycles. The van der Waals surface area contributed by atoms with Crippen LogP contribution in [-0.2, 0) is 6.18 Å². The van der Waals surface area contributed by atoms with E-state index in [0.717, 1.165) is 23.1 Å². The minimum absolute atomic E-state index is 0.184. The van der Waals surface area contributed by atoms with E-state index >= 15 is 0 Å². The summed E-state index contributed by atoms with van der Waals surface area (Å²) < 4.78 is 38.5. The molecular formula is C10H4F3N5O2. The molecule has 0 atom stereocenters. The predicted molar refractivity (Wildman–Crippen MR) is 57.7 cm³/mol. The standard InChI is InChI=1S/C10H4F3N5O2/c11-10(12,13)8-2-1-6(3-14)9(16-8)17-5-7(4-15-17)18(19)20/h1-2,4-5H. The first-order valence-electron chi connectivity index (χ1n) is 5.00. The van der Waals surface area contributed by atoms with Crippen molar-refractivity contribution in [2.75, 3.05) is 0 Å². The molecule has 0 aromatic carbocycles. The Kier molecular flexibility index (Phi) is 3.11. The highest BCUT2D eigenvalue weighted by Gasteiger charge is 2.33. The van der Waals surface area contributed by atoms with Crippen LogP contribution in [0.15, 0.2) is 24.5 Å². The van der Waals surface area contributed by atoms with Crippen LogP contribution < -0.4 is 0 Å². The van der Waals surface area contributed by atoms with Gasteiger partial charge in [0, 0.05) is 0 Å². The van der Waals surface area contributed by atoms with Crippen molar-refractivity contribution >= 4 is 5.69 Å². The first kappa shape index (κ1) is 13.5. The van der Waals surface area contributed by atoms with Crippen LogP contribution in [0.3, 0.4) is 0 Å². The first-order chi connectivity index (χ1) is 9.32. The Morgan fingerprint density at radius 2 is 2.10 bits per heavy atom. The molecule has 0 spiro atoms. The molecule has 0 radical (unpaired) electrons. The molecular weight excluding hydrogens is 279 g/mol. The minimum Gasteiger partial charge on any atom is -0.258 e. The third kappa shape index (κ3) is 2.41. The summed E-state index contributed by atoms with van der Waals surface area (Å²) in [5.74, 6) is -0.421. The van der Waals surface area contributed by atoms with Gasteiger partial charge in [0.2, 0.25) is 0 Å². The van der Waals surface area contributed by atoms with Crippen molar-refractivity contribution in [2.24, 2.45) is 0 Å². The Balaban J connectivity index is 2.59. The van der Waals surface area contributed by atoms with Crippen molar-refractivity contribution in [3.8, 4) is 11.9 Å². The zero-order valence-corrected chi connectivity index (χ0v) is 9.50. The molecule has 0 unspecified atom stereocenters. The van der Waals surface area contributed by atoms with Crippen molar-refractivity contribution in [2.45, 2.75) is 6.18 Å². The Morgan fingerprint density at radius 3 is 2.60 bits per heavy atom. The molecule has 2 aromatic heterocycles. The van der Waals surface area contributed by atoms with Crippen molar-refractivity contribution in [3.05, 3.63) is 45.9 Å². The molecule has 20 heavy (non-hydrogen) atoms. The topological polar surface area (TPSA) is 97.6 Å². The number of halogens is 3. The van der Waals surface area contributed by atoms with E-state index in [-0.39, 0.29) is 5.56 Å². The number of aromatic nitrogens is 3. The van der Waals surface area contributed by atoms with Crippen LogP contribution in [0.5, 0.6) is 0 Å². The molecule has 0 saturated heterocycles. The monoisotopic (exact) mass is 283 g/mol. The number of hydrogen-bond acceptors (Lipinski definition) is 5. The van der Waals surface area contributed by atoms with Crippen molar-refractivity contribution in [1.82, 2.24) is 14.8 Å². The number of rotatable bonds is 2. The summed E-state index contributed by atoms with van der Waals surface area (Å²) in [4.78, 5) is 13.0. The smallest absolute Gasteiger partial charge is 0.258 e. The number of alkyl halides is 3. The normalized spacial score (nSPS) is 11.1. The summed E-state index contributed by atoms with van der Waals surface area (Å²) in [6, 6.07) is 3.23. The number of nitrogens with zero attached hydrogens (tertiary/aromatic N) is 5. The molecule has 0 aliphatic heterocycles. The minimum atomic E-state index is -4.69. The maximum Gasteiger partial charge on any atom is 0.433 e. The highest BCUT2D eigenvalue weighted by atomic mass is 19.4. The van der Waals surface area contributed by atoms with Crippen molar-refractivity contribution < 1.29 is 18.1 Å². The largest absolute Gasteiger partial charge is 0.433 e. The van der Waals surface area contributed by atoms with E-state index in [1.54, 1.807) is 6.07 Å². The van der Waals surface area contributed by atoms with Crippen LogP contribution in [0.4, 0.5) is 18.9 Å². The van der Waals surface area contributed by atoms with E-state index in [2.05, 4.69) is 10.1 Å². The lowest BCUT2D eigenvalue weighted by Gasteiger charge is -2.08. The zero-order valence-electron chi connectivity index (χ0n) is 9.50. The summed E-state index contributed by atoms with van der Waals surface area (Å²) in [7, 11) is 0. The van der Waals surface area contributed by atoms with Crippen LogP contribution in [0.2, 0.25) is 0 Å². The average molecular weight is 283 g/mol. The van der Waals surface area contributed by atoms with Crippen LogP contribution in [-0.4, -0.2) is 19.7 Å². The Morgan fingerprint density at radius 1 is 1.40 bits per heavy atom. The number of nitro groups is 1. The summed E-state index contributed by atoms with van der Waals surface area (Å²) in [5, 5.41) is 22.9. The molecule has 2 heterocycles. The highest BCUT2D eigenvalue weighted by molar-refractivity contribution is 5.45. The average Bonchev–Trinajstić information content (AvgIpc) is 2.86. The van der Waals surface area contributed by atoms with Crippen molar-refractivity contribution in [1.29, 1.82) is 5.26 Å². The van der Waals surface area contributed by atoms with E-state index in [4.69, 9.17) is 5.26 Å². The fourth-order valence-electron chi connectivity index (χ4n) is 1.39. The fraction of sp³-hybridized carbons (Fsp3) is 0.100. The maximum absolute atomic E-state index is 12.6. The second-order valence-electron chi connectivity index (χ2n) is 3.58. The molecule has 0 aliphatic carbocycles. The third-order valence-electron chi connectivity index (χ3n) is 2.28. The summed E-state index contributed by atoms with van der Waals surface area (Å²) >= 11 is 0. The van der Waals surface area contributed by atoms with Gasteiger partial charge in [-0.25, -0.2) is 9.67 Å². The summed E-state index contributed by atoms with van der Waals surface area (Å²) in [6.45, 7) is 0. The molecule has 0 N–H and O–H groups in total. The SMILES string of the molecule is N#Cc1ccc(C(F)(F)F)nc1-n1cc([N+](=O)[O-])cn1. The van der Waals surface area contributed by atoms with E-state index in [1.165, 1.54) is 0 Å². The van der Waals surface area contributed by atoms with Gasteiger partial charge in [0.25, 0.3) is 0 Å². The Hall–Kier alpha value is -2.96. The number of hydrogen-bond donors (Lipinski definition) is 0. The van der Waals surface area contributed by atoms with Gasteiger partial charge in [-0.15, -0.1) is 0 Å². The molecule has 0 bridgehead atoms. The van der Waals surface area contributed by atoms with Gasteiger partial charge in [0.15, 0.2) is 5.82 Å². The fourth-order valence-corrected chi connectivity index (χ4v) is 1.39. The second kappa shape index (κ2) is 4.61. The van der Waals surface area contributed by atoms with E-state index in [1.807, 2.05) is 0 Å². The zero-order chi connectivity index (χ0) is 14.9. The van der Waals surface area contributed by atoms with E-state index in [9.17, 15) is 23.3 Å². The maximum atomic E-state index is 12.6. The number of pyridine rings is 1. The number of nitriles is 1. The molecule has 0 amide bonds. The lowest BCUT2D eigenvalue weighted by Crippen LogP contribution is -2.11. The third-order valence-corrected chi connectivity index (χ3v) is 2.28. The molecule has 2 aromatic rings. The quantitative estimate of drug-likeness (QED) is 0.620. The molecule has 7 nitrogen and oxygen atoms in total. The van der Waals surface area contributed by atoms with Gasteiger partial charge >= 0.3 is 11.9 Å². The van der Waals surface area contributed by atoms with E-state index < -0.39 is 28.3 Å². The van der Waals surface area contributed by atoms with Gasteiger partial charge in [-0.3, -0.25) is 10.1 Å². The van der Waals surface area contributed by atoms with Gasteiger partial charge < -0.3 is 0 Å². The predicted octanol–water partition coefficient (Wildman–Crippen LogP) is 2.07. The molecule has 10 heteroatoms.